The van der Waals surface area contributed by atoms with Gasteiger partial charge >= 0.3 is 5.97 Å². The van der Waals surface area contributed by atoms with Crippen molar-refractivity contribution in [1.29, 1.82) is 0 Å². The van der Waals surface area contributed by atoms with Crippen molar-refractivity contribution in [3.05, 3.63) is 23.8 Å². The first-order valence-electron chi connectivity index (χ1n) is 12.9. The Morgan fingerprint density at radius 1 is 1.05 bits per heavy atom. The van der Waals surface area contributed by atoms with E-state index in [0.717, 1.165) is 0 Å². The SMILES string of the molecule is CNC(=O)[C@@H](NC(=O)[C@H](CC(C)C)[C@H](NS(=O)(=O)c1ccc2c(c1)CC(=O)N2)C(=O)OC(C)(C)C)C(C)(C)C. The first-order chi connectivity index (χ1) is 17.7. The summed E-state index contributed by atoms with van der Waals surface area (Å²) in [4.78, 5) is 51.3. The number of sulfonamides is 1. The van der Waals surface area contributed by atoms with Gasteiger partial charge in [-0.25, -0.2) is 8.42 Å². The quantitative estimate of drug-likeness (QED) is 0.316. The number of anilines is 1. The molecule has 11 nitrogen and oxygen atoms in total. The highest BCUT2D eigenvalue weighted by Crippen LogP contribution is 2.28. The highest BCUT2D eigenvalue weighted by Gasteiger charge is 2.42. The summed E-state index contributed by atoms with van der Waals surface area (Å²) < 4.78 is 35.0. The maximum atomic E-state index is 13.7. The number of carbonyl (C=O) groups excluding carboxylic acids is 4. The number of amides is 3. The van der Waals surface area contributed by atoms with Gasteiger partial charge in [-0.15, -0.1) is 0 Å². The number of carbonyl (C=O) groups is 4. The van der Waals surface area contributed by atoms with E-state index in [-0.39, 0.29) is 29.6 Å². The van der Waals surface area contributed by atoms with Gasteiger partial charge in [0.25, 0.3) is 0 Å². The van der Waals surface area contributed by atoms with Crippen LogP contribution in [0.1, 0.15) is 67.4 Å². The summed E-state index contributed by atoms with van der Waals surface area (Å²) in [5.41, 5.74) is -0.613. The first kappa shape index (κ1) is 32.2. The number of nitrogens with one attached hydrogen (secondary N) is 4. The van der Waals surface area contributed by atoms with Crippen LogP contribution in [0.15, 0.2) is 23.1 Å². The Morgan fingerprint density at radius 3 is 2.18 bits per heavy atom. The summed E-state index contributed by atoms with van der Waals surface area (Å²) in [6.07, 6.45) is 0.158. The monoisotopic (exact) mass is 566 g/mol. The molecule has 12 heteroatoms. The zero-order chi connectivity index (χ0) is 29.9. The van der Waals surface area contributed by atoms with E-state index in [9.17, 15) is 27.6 Å². The van der Waals surface area contributed by atoms with Gasteiger partial charge in [0.05, 0.1) is 17.2 Å². The fourth-order valence-electron chi connectivity index (χ4n) is 4.24. The fraction of sp³-hybridized carbons (Fsp3) is 0.630. The molecule has 3 atom stereocenters. The summed E-state index contributed by atoms with van der Waals surface area (Å²) in [5, 5.41) is 7.92. The van der Waals surface area contributed by atoms with E-state index in [4.69, 9.17) is 4.74 Å². The smallest absolute Gasteiger partial charge is 0.325 e. The number of esters is 1. The first-order valence-corrected chi connectivity index (χ1v) is 14.4. The maximum Gasteiger partial charge on any atom is 0.325 e. The van der Waals surface area contributed by atoms with Crippen LogP contribution in [0.3, 0.4) is 0 Å². The molecule has 4 N–H and O–H groups in total. The van der Waals surface area contributed by atoms with Crippen LogP contribution < -0.4 is 20.7 Å². The predicted molar refractivity (Wildman–Crippen MR) is 147 cm³/mol. The third kappa shape index (κ3) is 8.76. The molecule has 0 saturated heterocycles. The molecule has 1 heterocycles. The number of likely N-dealkylation sites (N-methyl/N-ethyl adjacent to an activating group) is 1. The molecule has 0 saturated carbocycles. The summed E-state index contributed by atoms with van der Waals surface area (Å²) in [5.74, 6) is -3.55. The molecule has 1 aliphatic heterocycles. The third-order valence-electron chi connectivity index (χ3n) is 6.08. The zero-order valence-corrected chi connectivity index (χ0v) is 25.0. The average molecular weight is 567 g/mol. The van der Waals surface area contributed by atoms with E-state index in [1.54, 1.807) is 41.5 Å². The van der Waals surface area contributed by atoms with Crippen molar-refractivity contribution in [1.82, 2.24) is 15.4 Å². The van der Waals surface area contributed by atoms with E-state index in [0.29, 0.717) is 11.3 Å². The van der Waals surface area contributed by atoms with Gasteiger partial charge in [-0.05, 0) is 62.3 Å². The minimum atomic E-state index is -4.34. The second-order valence-electron chi connectivity index (χ2n) is 12.3. The number of fused-ring (bicyclic) bond motifs is 1. The minimum absolute atomic E-state index is 0.0280. The van der Waals surface area contributed by atoms with Gasteiger partial charge in [0, 0.05) is 12.7 Å². The van der Waals surface area contributed by atoms with Crippen LogP contribution in [0, 0.1) is 17.3 Å². The molecule has 3 amide bonds. The molecule has 1 aliphatic rings. The molecule has 0 radical (unpaired) electrons. The Labute approximate surface area is 231 Å². The van der Waals surface area contributed by atoms with E-state index in [1.807, 2.05) is 13.8 Å². The molecule has 0 bridgehead atoms. The van der Waals surface area contributed by atoms with Crippen LogP contribution in [0.4, 0.5) is 5.69 Å². The third-order valence-corrected chi connectivity index (χ3v) is 7.52. The van der Waals surface area contributed by atoms with E-state index in [1.165, 1.54) is 25.2 Å². The van der Waals surface area contributed by atoms with Crippen molar-refractivity contribution < 1.29 is 32.3 Å². The summed E-state index contributed by atoms with van der Waals surface area (Å²) in [6.45, 7) is 13.9. The van der Waals surface area contributed by atoms with Crippen LogP contribution in [0.2, 0.25) is 0 Å². The second kappa shape index (κ2) is 12.0. The molecule has 1 aromatic carbocycles. The van der Waals surface area contributed by atoms with Crippen molar-refractivity contribution in [2.24, 2.45) is 17.3 Å². The lowest BCUT2D eigenvalue weighted by Crippen LogP contribution is -2.58. The van der Waals surface area contributed by atoms with Crippen LogP contribution in [-0.4, -0.2) is 56.8 Å². The molecule has 0 aromatic heterocycles. The Bertz CT molecular complexity index is 1210. The predicted octanol–water partition coefficient (Wildman–Crippen LogP) is 2.11. The normalized spacial score (nSPS) is 16.1. The molecule has 0 unspecified atom stereocenters. The number of hydrogen-bond donors (Lipinski definition) is 4. The van der Waals surface area contributed by atoms with Crippen molar-refractivity contribution in [3.8, 4) is 0 Å². The Morgan fingerprint density at radius 2 is 1.67 bits per heavy atom. The van der Waals surface area contributed by atoms with E-state index >= 15 is 0 Å². The van der Waals surface area contributed by atoms with Crippen LogP contribution in [0.5, 0.6) is 0 Å². The van der Waals surface area contributed by atoms with E-state index < -0.39 is 56.8 Å². The van der Waals surface area contributed by atoms with Crippen molar-refractivity contribution >= 4 is 39.4 Å². The van der Waals surface area contributed by atoms with Gasteiger partial charge in [-0.1, -0.05) is 34.6 Å². The molecular formula is C27H42N4O7S. The number of rotatable bonds is 10. The molecule has 39 heavy (non-hydrogen) atoms. The molecule has 218 valence electrons. The highest BCUT2D eigenvalue weighted by molar-refractivity contribution is 7.89. The minimum Gasteiger partial charge on any atom is -0.459 e. The second-order valence-corrected chi connectivity index (χ2v) is 14.0. The number of ether oxygens (including phenoxy) is 1. The van der Waals surface area contributed by atoms with Crippen LogP contribution in [0.25, 0.3) is 0 Å². The number of hydrogen-bond acceptors (Lipinski definition) is 7. The zero-order valence-electron chi connectivity index (χ0n) is 24.2. The molecule has 0 aliphatic carbocycles. The van der Waals surface area contributed by atoms with Crippen molar-refractivity contribution in [2.75, 3.05) is 12.4 Å². The molecule has 1 aromatic rings. The van der Waals surface area contributed by atoms with Crippen molar-refractivity contribution in [3.63, 3.8) is 0 Å². The maximum absolute atomic E-state index is 13.7. The Balaban J connectivity index is 2.53. The fourth-order valence-corrected chi connectivity index (χ4v) is 5.51. The topological polar surface area (TPSA) is 160 Å². The van der Waals surface area contributed by atoms with Gasteiger partial charge in [-0.3, -0.25) is 19.2 Å². The van der Waals surface area contributed by atoms with Gasteiger partial charge in [0.15, 0.2) is 0 Å². The van der Waals surface area contributed by atoms with Crippen LogP contribution in [-0.2, 0) is 40.4 Å². The average Bonchev–Trinajstić information content (AvgIpc) is 3.16. The van der Waals surface area contributed by atoms with E-state index in [2.05, 4.69) is 20.7 Å². The van der Waals surface area contributed by atoms with Crippen LogP contribution >= 0.6 is 0 Å². The highest BCUT2D eigenvalue weighted by atomic mass is 32.2. The Hall–Kier alpha value is -2.99. The van der Waals surface area contributed by atoms with Gasteiger partial charge in [0.2, 0.25) is 27.7 Å². The largest absolute Gasteiger partial charge is 0.459 e. The lowest BCUT2D eigenvalue weighted by atomic mass is 9.84. The summed E-state index contributed by atoms with van der Waals surface area (Å²) in [6, 6.07) is 1.63. The standard InChI is InChI=1S/C27H42N4O7S/c1-15(2)12-18(23(33)30-22(24(34)28-9)26(3,4)5)21(25(35)38-27(6,7)8)31-39(36,37)17-10-11-19-16(13-17)14-20(32)29-19/h10-11,13,15,18,21-22,31H,12,14H2,1-9H3,(H,28,34)(H,29,32)(H,30,33)/t18-,21+,22-/m1/s1. The van der Waals surface area contributed by atoms with Gasteiger partial charge in [-0.2, -0.15) is 4.72 Å². The molecule has 0 spiro atoms. The molecule has 2 rings (SSSR count). The Kier molecular flexibility index (Phi) is 9.94. The number of benzene rings is 1. The lowest BCUT2D eigenvalue weighted by Gasteiger charge is -2.34. The summed E-state index contributed by atoms with van der Waals surface area (Å²) >= 11 is 0. The molecular weight excluding hydrogens is 524 g/mol. The van der Waals surface area contributed by atoms with Gasteiger partial charge in [0.1, 0.15) is 17.7 Å². The van der Waals surface area contributed by atoms with Crippen molar-refractivity contribution in [2.45, 2.75) is 90.8 Å². The van der Waals surface area contributed by atoms with Gasteiger partial charge < -0.3 is 20.7 Å². The molecule has 0 fully saturated rings. The lowest BCUT2D eigenvalue weighted by molar-refractivity contribution is -0.160. The summed E-state index contributed by atoms with van der Waals surface area (Å²) in [7, 11) is -2.89.